The average Bonchev–Trinajstić information content (AvgIpc) is 3.40. The first-order valence-electron chi connectivity index (χ1n) is 17.9. The molecule has 1 spiro atoms. The molecule has 1 nitrogen and oxygen atoms in total. The van der Waals surface area contributed by atoms with Gasteiger partial charge in [0, 0.05) is 22.5 Å². The van der Waals surface area contributed by atoms with Gasteiger partial charge in [-0.15, -0.1) is 0 Å². The van der Waals surface area contributed by atoms with Gasteiger partial charge >= 0.3 is 0 Å². The van der Waals surface area contributed by atoms with Crippen molar-refractivity contribution in [3.05, 3.63) is 139 Å². The quantitative estimate of drug-likeness (QED) is 0.199. The van der Waals surface area contributed by atoms with Crippen molar-refractivity contribution in [2.75, 3.05) is 4.90 Å². The molecular weight excluding hydrogens is 555 g/mol. The van der Waals surface area contributed by atoms with Gasteiger partial charge in [0.2, 0.25) is 0 Å². The van der Waals surface area contributed by atoms with Crippen LogP contribution in [-0.2, 0) is 5.41 Å². The van der Waals surface area contributed by atoms with Crippen LogP contribution in [0.5, 0.6) is 0 Å². The van der Waals surface area contributed by atoms with Gasteiger partial charge in [0.15, 0.2) is 0 Å². The molecule has 4 saturated carbocycles. The number of benzene rings is 5. The lowest BCUT2D eigenvalue weighted by Crippen LogP contribution is -2.60. The number of rotatable bonds is 4. The second-order valence-corrected chi connectivity index (χ2v) is 15.4. The molecule has 0 saturated heterocycles. The summed E-state index contributed by atoms with van der Waals surface area (Å²) < 4.78 is 0. The number of hydrogen-bond donors (Lipinski definition) is 0. The average molecular weight is 598 g/mol. The van der Waals surface area contributed by atoms with Crippen LogP contribution in [0.25, 0.3) is 22.3 Å². The van der Waals surface area contributed by atoms with E-state index in [9.17, 15) is 0 Å². The van der Waals surface area contributed by atoms with Gasteiger partial charge < -0.3 is 4.90 Å². The van der Waals surface area contributed by atoms with Crippen molar-refractivity contribution in [2.24, 2.45) is 41.4 Å². The number of nitrogens with zero attached hydrogens (tertiary/aromatic N) is 1. The highest BCUT2D eigenvalue weighted by atomic mass is 15.1. The summed E-state index contributed by atoms with van der Waals surface area (Å²) in [5, 5.41) is 0. The third kappa shape index (κ3) is 3.75. The summed E-state index contributed by atoms with van der Waals surface area (Å²) in [6.07, 6.45) is 8.72. The molecule has 5 aliphatic rings. The van der Waals surface area contributed by atoms with Gasteiger partial charge in [-0.3, -0.25) is 0 Å². The van der Waals surface area contributed by atoms with E-state index in [1.807, 2.05) is 0 Å². The summed E-state index contributed by atoms with van der Waals surface area (Å²) in [4.78, 5) is 2.46. The van der Waals surface area contributed by atoms with Crippen LogP contribution in [0, 0.1) is 41.4 Å². The Morgan fingerprint density at radius 2 is 1.17 bits per heavy atom. The highest BCUT2D eigenvalue weighted by Crippen LogP contribution is 2.72. The first-order chi connectivity index (χ1) is 22.7. The molecular formula is C45H43N. The Bertz CT molecular complexity index is 1910. The molecule has 4 fully saturated rings. The first kappa shape index (κ1) is 27.1. The van der Waals surface area contributed by atoms with E-state index in [0.717, 1.165) is 41.4 Å². The second kappa shape index (κ2) is 10.2. The summed E-state index contributed by atoms with van der Waals surface area (Å²) in [5.74, 6) is 6.21. The first-order valence-corrected chi connectivity index (χ1v) is 17.9. The fourth-order valence-electron chi connectivity index (χ4n) is 11.9. The minimum absolute atomic E-state index is 0.169. The Morgan fingerprint density at radius 3 is 2.00 bits per heavy atom. The molecule has 8 unspecified atom stereocenters. The normalized spacial score (nSPS) is 31.4. The highest BCUT2D eigenvalue weighted by Gasteiger charge is 2.65. The van der Waals surface area contributed by atoms with Gasteiger partial charge in [-0.05, 0) is 143 Å². The van der Waals surface area contributed by atoms with E-state index in [-0.39, 0.29) is 5.41 Å². The van der Waals surface area contributed by atoms with Crippen molar-refractivity contribution in [1.82, 2.24) is 0 Å². The fraction of sp³-hybridized carbons (Fsp3) is 0.333. The molecule has 0 heterocycles. The summed E-state index contributed by atoms with van der Waals surface area (Å²) in [7, 11) is 0. The molecule has 228 valence electrons. The van der Waals surface area contributed by atoms with Gasteiger partial charge in [-0.2, -0.15) is 0 Å². The number of para-hydroxylation sites is 1. The fourth-order valence-corrected chi connectivity index (χ4v) is 11.9. The molecule has 0 radical (unpaired) electrons. The number of fused-ring (bicyclic) bond motifs is 9. The van der Waals surface area contributed by atoms with Crippen LogP contribution in [0.4, 0.5) is 17.1 Å². The number of hydrogen-bond acceptors (Lipinski definition) is 1. The maximum Gasteiger partial charge on any atom is 0.0468 e. The topological polar surface area (TPSA) is 3.24 Å². The predicted octanol–water partition coefficient (Wildman–Crippen LogP) is 11.8. The molecule has 0 aromatic heterocycles. The van der Waals surface area contributed by atoms with Crippen molar-refractivity contribution >= 4 is 17.1 Å². The van der Waals surface area contributed by atoms with Gasteiger partial charge in [0.05, 0.1) is 0 Å². The van der Waals surface area contributed by atoms with Crippen molar-refractivity contribution in [1.29, 1.82) is 0 Å². The van der Waals surface area contributed by atoms with Crippen LogP contribution >= 0.6 is 0 Å². The van der Waals surface area contributed by atoms with Crippen molar-refractivity contribution in [3.8, 4) is 22.3 Å². The summed E-state index contributed by atoms with van der Waals surface area (Å²) in [6, 6.07) is 48.0. The van der Waals surface area contributed by atoms with Gasteiger partial charge in [-0.25, -0.2) is 0 Å². The monoisotopic (exact) mass is 597 g/mol. The largest absolute Gasteiger partial charge is 0.310 e. The zero-order valence-electron chi connectivity index (χ0n) is 26.9. The summed E-state index contributed by atoms with van der Waals surface area (Å²) >= 11 is 0. The second-order valence-electron chi connectivity index (χ2n) is 15.4. The van der Waals surface area contributed by atoms with Crippen LogP contribution < -0.4 is 4.90 Å². The molecule has 5 aliphatic carbocycles. The highest BCUT2D eigenvalue weighted by molar-refractivity contribution is 5.87. The Balaban J connectivity index is 1.13. The third-order valence-electron chi connectivity index (χ3n) is 13.5. The van der Waals surface area contributed by atoms with E-state index in [1.165, 1.54) is 77.8 Å². The van der Waals surface area contributed by atoms with Gasteiger partial charge in [0.25, 0.3) is 0 Å². The summed E-state index contributed by atoms with van der Waals surface area (Å²) in [6.45, 7) is 2.62. The Hall–Kier alpha value is -4.10. The van der Waals surface area contributed by atoms with Gasteiger partial charge in [-0.1, -0.05) is 104 Å². The maximum atomic E-state index is 2.62. The Labute approximate surface area is 274 Å². The van der Waals surface area contributed by atoms with Gasteiger partial charge in [0.1, 0.15) is 0 Å². The smallest absolute Gasteiger partial charge is 0.0468 e. The van der Waals surface area contributed by atoms with Crippen molar-refractivity contribution in [3.63, 3.8) is 0 Å². The van der Waals surface area contributed by atoms with E-state index < -0.39 is 0 Å². The molecule has 0 N–H and O–H groups in total. The number of anilines is 3. The standard InChI is InChI=1S/C45H43N/c1-29-24-33-27-39-38(29)25-30-16-22-43(40(39)26-30)45(33)42-15-9-8-14-37(42)41-28-36(21-23-44(41)45)46(34-12-6-3-7-13-34)35-19-17-32(18-20-35)31-10-4-2-5-11-31/h2-15,17-21,23,28-30,33,38-40,43H,16,22,24-27H2,1H3. The van der Waals surface area contributed by atoms with Crippen molar-refractivity contribution < 1.29 is 0 Å². The minimum Gasteiger partial charge on any atom is -0.310 e. The van der Waals surface area contributed by atoms with E-state index in [2.05, 4.69) is 139 Å². The Morgan fingerprint density at radius 1 is 0.522 bits per heavy atom. The van der Waals surface area contributed by atoms with Crippen LogP contribution in [0.1, 0.15) is 56.6 Å². The van der Waals surface area contributed by atoms with E-state index in [4.69, 9.17) is 0 Å². The van der Waals surface area contributed by atoms with E-state index in [0.29, 0.717) is 0 Å². The van der Waals surface area contributed by atoms with Crippen LogP contribution in [0.15, 0.2) is 127 Å². The third-order valence-corrected chi connectivity index (χ3v) is 13.5. The zero-order chi connectivity index (χ0) is 30.4. The molecule has 46 heavy (non-hydrogen) atoms. The lowest BCUT2D eigenvalue weighted by Gasteiger charge is -2.65. The molecule has 10 rings (SSSR count). The van der Waals surface area contributed by atoms with Crippen LogP contribution in [0.2, 0.25) is 0 Å². The van der Waals surface area contributed by atoms with Crippen LogP contribution in [0.3, 0.4) is 0 Å². The maximum absolute atomic E-state index is 2.62. The van der Waals surface area contributed by atoms with Crippen molar-refractivity contribution in [2.45, 2.75) is 50.9 Å². The molecule has 8 atom stereocenters. The summed E-state index contributed by atoms with van der Waals surface area (Å²) in [5.41, 5.74) is 12.6. The predicted molar refractivity (Wildman–Crippen MR) is 191 cm³/mol. The lowest BCUT2D eigenvalue weighted by molar-refractivity contribution is -0.121. The molecule has 5 aromatic carbocycles. The minimum atomic E-state index is 0.169. The van der Waals surface area contributed by atoms with E-state index in [1.54, 1.807) is 11.1 Å². The zero-order valence-corrected chi connectivity index (χ0v) is 26.9. The van der Waals surface area contributed by atoms with E-state index >= 15 is 0 Å². The molecule has 4 bridgehead atoms. The SMILES string of the molecule is CC1CC2CC3C1CC1CCC(C3C1)C21c2ccccc2-c2cc(N(c3ccccc3)c3ccc(-c4ccccc4)cc3)ccc21. The molecule has 1 heteroatoms. The molecule has 0 amide bonds. The lowest BCUT2D eigenvalue weighted by atomic mass is 9.38. The Kier molecular flexibility index (Phi) is 6.00. The molecule has 5 aromatic rings. The molecule has 0 aliphatic heterocycles. The van der Waals surface area contributed by atoms with Crippen LogP contribution in [-0.4, -0.2) is 0 Å².